The third-order valence-electron chi connectivity index (χ3n) is 3.75. The molecule has 0 radical (unpaired) electrons. The number of hydrogen-bond donors (Lipinski definition) is 2. The third kappa shape index (κ3) is 3.21. The van der Waals surface area contributed by atoms with E-state index in [-0.39, 0.29) is 17.4 Å². The summed E-state index contributed by atoms with van der Waals surface area (Å²) < 4.78 is 13.0. The molecule has 1 unspecified atom stereocenters. The van der Waals surface area contributed by atoms with Gasteiger partial charge in [-0.25, -0.2) is 9.18 Å². The van der Waals surface area contributed by atoms with Crippen molar-refractivity contribution in [3.63, 3.8) is 0 Å². The molecule has 0 bridgehead atoms. The van der Waals surface area contributed by atoms with E-state index < -0.39 is 5.97 Å². The quantitative estimate of drug-likeness (QED) is 0.870. The summed E-state index contributed by atoms with van der Waals surface area (Å²) in [5.74, 6) is -0.673. The van der Waals surface area contributed by atoms with E-state index in [4.69, 9.17) is 5.11 Å². The number of carbonyl (C=O) groups is 1. The zero-order chi connectivity index (χ0) is 14.8. The lowest BCUT2D eigenvalue weighted by Gasteiger charge is -2.20. The van der Waals surface area contributed by atoms with E-state index in [0.29, 0.717) is 5.92 Å². The monoisotopic (exact) mass is 285 g/mol. The highest BCUT2D eigenvalue weighted by Crippen LogP contribution is 2.42. The van der Waals surface area contributed by atoms with Crippen LogP contribution < -0.4 is 5.32 Å². The topological polar surface area (TPSA) is 49.3 Å². The van der Waals surface area contributed by atoms with Gasteiger partial charge in [0.15, 0.2) is 0 Å². The van der Waals surface area contributed by atoms with Crippen molar-refractivity contribution in [2.24, 2.45) is 5.92 Å². The number of hydrogen-bond acceptors (Lipinski definition) is 2. The van der Waals surface area contributed by atoms with Crippen LogP contribution in [0.25, 0.3) is 0 Å². The van der Waals surface area contributed by atoms with Gasteiger partial charge in [0.25, 0.3) is 0 Å². The van der Waals surface area contributed by atoms with Gasteiger partial charge in [-0.15, -0.1) is 0 Å². The van der Waals surface area contributed by atoms with Crippen molar-refractivity contribution in [2.75, 3.05) is 5.32 Å². The molecule has 3 nitrogen and oxygen atoms in total. The van der Waals surface area contributed by atoms with E-state index in [0.717, 1.165) is 24.1 Å². The number of anilines is 1. The predicted molar refractivity (Wildman–Crippen MR) is 78.9 cm³/mol. The molecule has 0 heterocycles. The minimum Gasteiger partial charge on any atom is -0.478 e. The largest absolute Gasteiger partial charge is 0.478 e. The minimum atomic E-state index is -0.941. The van der Waals surface area contributed by atoms with Crippen molar-refractivity contribution >= 4 is 11.7 Å². The molecule has 0 saturated heterocycles. The Morgan fingerprint density at radius 2 is 1.90 bits per heavy atom. The number of rotatable bonds is 5. The normalized spacial score (nSPS) is 15.5. The Morgan fingerprint density at radius 3 is 2.52 bits per heavy atom. The van der Waals surface area contributed by atoms with Crippen LogP contribution in [0.1, 0.15) is 34.8 Å². The lowest BCUT2D eigenvalue weighted by Crippen LogP contribution is -2.13. The van der Waals surface area contributed by atoms with E-state index in [1.807, 2.05) is 6.07 Å². The summed E-state index contributed by atoms with van der Waals surface area (Å²) in [5.41, 5.74) is 2.06. The van der Waals surface area contributed by atoms with Gasteiger partial charge >= 0.3 is 5.97 Å². The lowest BCUT2D eigenvalue weighted by molar-refractivity contribution is 0.0697. The smallest absolute Gasteiger partial charge is 0.335 e. The average Bonchev–Trinajstić information content (AvgIpc) is 3.31. The van der Waals surface area contributed by atoms with Gasteiger partial charge in [-0.05, 0) is 54.7 Å². The molecule has 0 spiro atoms. The van der Waals surface area contributed by atoms with Crippen LogP contribution in [0.3, 0.4) is 0 Å². The highest BCUT2D eigenvalue weighted by molar-refractivity contribution is 5.88. The van der Waals surface area contributed by atoms with Crippen LogP contribution in [0.5, 0.6) is 0 Å². The van der Waals surface area contributed by atoms with Crippen LogP contribution >= 0.6 is 0 Å². The van der Waals surface area contributed by atoms with Gasteiger partial charge in [0, 0.05) is 5.69 Å². The van der Waals surface area contributed by atoms with Crippen molar-refractivity contribution in [3.8, 4) is 0 Å². The summed E-state index contributed by atoms with van der Waals surface area (Å²) in [7, 11) is 0. The van der Waals surface area contributed by atoms with Crippen molar-refractivity contribution in [1.82, 2.24) is 0 Å². The number of benzene rings is 2. The number of halogens is 1. The molecule has 4 heteroatoms. The van der Waals surface area contributed by atoms with Crippen molar-refractivity contribution in [2.45, 2.75) is 18.9 Å². The van der Waals surface area contributed by atoms with Crippen molar-refractivity contribution in [1.29, 1.82) is 0 Å². The molecule has 1 fully saturated rings. The highest BCUT2D eigenvalue weighted by atomic mass is 19.1. The Hall–Kier alpha value is -2.36. The molecule has 2 aromatic rings. The fraction of sp³-hybridized carbons (Fsp3) is 0.235. The summed E-state index contributed by atoms with van der Waals surface area (Å²) in [6.07, 6.45) is 2.27. The number of nitrogens with one attached hydrogen (secondary N) is 1. The molecule has 21 heavy (non-hydrogen) atoms. The summed E-state index contributed by atoms with van der Waals surface area (Å²) in [6, 6.07) is 13.3. The van der Waals surface area contributed by atoms with Gasteiger partial charge in [-0.2, -0.15) is 0 Å². The zero-order valence-corrected chi connectivity index (χ0v) is 11.4. The Morgan fingerprint density at radius 1 is 1.19 bits per heavy atom. The first kappa shape index (κ1) is 13.6. The SMILES string of the molecule is O=C(O)c1cccc(NC(c2ccc(F)cc2)C2CC2)c1. The standard InChI is InChI=1S/C17H16FNO2/c18-14-8-6-12(7-9-14)16(11-4-5-11)19-15-3-1-2-13(10-15)17(20)21/h1-3,6-11,16,19H,4-5H2,(H,20,21). The van der Waals surface area contributed by atoms with E-state index in [1.165, 1.54) is 12.1 Å². The van der Waals surface area contributed by atoms with Gasteiger partial charge in [-0.3, -0.25) is 0 Å². The first-order valence-corrected chi connectivity index (χ1v) is 6.99. The van der Waals surface area contributed by atoms with Crippen LogP contribution in [-0.4, -0.2) is 11.1 Å². The van der Waals surface area contributed by atoms with Crippen LogP contribution in [-0.2, 0) is 0 Å². The lowest BCUT2D eigenvalue weighted by atomic mass is 10.0. The molecule has 0 aliphatic heterocycles. The number of carboxylic acids is 1. The molecule has 0 aromatic heterocycles. The molecular weight excluding hydrogens is 269 g/mol. The highest BCUT2D eigenvalue weighted by Gasteiger charge is 2.32. The average molecular weight is 285 g/mol. The van der Waals surface area contributed by atoms with Crippen LogP contribution in [0.15, 0.2) is 48.5 Å². The van der Waals surface area contributed by atoms with E-state index in [2.05, 4.69) is 5.32 Å². The van der Waals surface area contributed by atoms with Crippen LogP contribution in [0.4, 0.5) is 10.1 Å². The first-order valence-electron chi connectivity index (χ1n) is 6.99. The van der Waals surface area contributed by atoms with Gasteiger partial charge in [0.2, 0.25) is 0 Å². The van der Waals surface area contributed by atoms with Crippen LogP contribution in [0, 0.1) is 11.7 Å². The molecule has 1 saturated carbocycles. The molecular formula is C17H16FNO2. The Bertz CT molecular complexity index is 650. The van der Waals surface area contributed by atoms with Crippen molar-refractivity contribution in [3.05, 3.63) is 65.5 Å². The summed E-state index contributed by atoms with van der Waals surface area (Å²) in [4.78, 5) is 11.0. The fourth-order valence-corrected chi connectivity index (χ4v) is 2.49. The van der Waals surface area contributed by atoms with E-state index in [9.17, 15) is 9.18 Å². The van der Waals surface area contributed by atoms with E-state index in [1.54, 1.807) is 30.3 Å². The first-order chi connectivity index (χ1) is 10.1. The number of aromatic carboxylic acids is 1. The minimum absolute atomic E-state index is 0.0923. The van der Waals surface area contributed by atoms with Gasteiger partial charge in [-0.1, -0.05) is 18.2 Å². The zero-order valence-electron chi connectivity index (χ0n) is 11.4. The summed E-state index contributed by atoms with van der Waals surface area (Å²) in [6.45, 7) is 0. The second-order valence-corrected chi connectivity index (χ2v) is 5.40. The molecule has 1 atom stereocenters. The predicted octanol–water partition coefficient (Wildman–Crippen LogP) is 4.09. The molecule has 108 valence electrons. The number of carboxylic acid groups (broad SMARTS) is 1. The molecule has 2 aromatic carbocycles. The Balaban J connectivity index is 1.84. The van der Waals surface area contributed by atoms with E-state index >= 15 is 0 Å². The molecule has 0 amide bonds. The molecule has 2 N–H and O–H groups in total. The fourth-order valence-electron chi connectivity index (χ4n) is 2.49. The second-order valence-electron chi connectivity index (χ2n) is 5.40. The van der Waals surface area contributed by atoms with Gasteiger partial charge in [0.1, 0.15) is 5.82 Å². The molecule has 1 aliphatic carbocycles. The maximum atomic E-state index is 13.0. The third-order valence-corrected chi connectivity index (χ3v) is 3.75. The maximum absolute atomic E-state index is 13.0. The summed E-state index contributed by atoms with van der Waals surface area (Å²) in [5, 5.41) is 12.4. The Labute approximate surface area is 122 Å². The maximum Gasteiger partial charge on any atom is 0.335 e. The Kier molecular flexibility index (Phi) is 3.60. The molecule has 1 aliphatic rings. The van der Waals surface area contributed by atoms with Gasteiger partial charge in [0.05, 0.1) is 11.6 Å². The van der Waals surface area contributed by atoms with Crippen LogP contribution in [0.2, 0.25) is 0 Å². The summed E-state index contributed by atoms with van der Waals surface area (Å²) >= 11 is 0. The van der Waals surface area contributed by atoms with Crippen molar-refractivity contribution < 1.29 is 14.3 Å². The molecule has 3 rings (SSSR count). The second kappa shape index (κ2) is 5.56. The van der Waals surface area contributed by atoms with Gasteiger partial charge < -0.3 is 10.4 Å².